The number of halogens is 3. The quantitative estimate of drug-likeness (QED) is 0.466. The molecular weight excluding hydrogens is 413 g/mol. The fourth-order valence-electron chi connectivity index (χ4n) is 2.98. The van der Waals surface area contributed by atoms with Crippen molar-refractivity contribution in [3.8, 4) is 16.3 Å². The third-order valence-corrected chi connectivity index (χ3v) is 5.46. The van der Waals surface area contributed by atoms with E-state index in [-0.39, 0.29) is 18.1 Å². The zero-order valence-corrected chi connectivity index (χ0v) is 17.4. The van der Waals surface area contributed by atoms with Gasteiger partial charge in [-0.1, -0.05) is 30.3 Å². The van der Waals surface area contributed by atoms with Crippen molar-refractivity contribution in [2.75, 3.05) is 13.1 Å². The average molecular weight is 434 g/mol. The largest absolute Gasteiger partial charge is 0.489 e. The van der Waals surface area contributed by atoms with Crippen LogP contribution in [0.15, 0.2) is 53.9 Å². The molecule has 0 saturated heterocycles. The van der Waals surface area contributed by atoms with Gasteiger partial charge in [-0.05, 0) is 32.0 Å². The SMILES string of the molecule is CCN(CC)C(=O)c1csc(-c2cccc(OCc3ccccc3C(F)(F)F)c2)n1. The van der Waals surface area contributed by atoms with E-state index in [0.29, 0.717) is 29.5 Å². The highest BCUT2D eigenvalue weighted by molar-refractivity contribution is 7.13. The lowest BCUT2D eigenvalue weighted by molar-refractivity contribution is -0.138. The van der Waals surface area contributed by atoms with Crippen LogP contribution in [0.5, 0.6) is 5.75 Å². The fourth-order valence-corrected chi connectivity index (χ4v) is 3.77. The molecule has 0 N–H and O–H groups in total. The lowest BCUT2D eigenvalue weighted by Gasteiger charge is -2.16. The fraction of sp³-hybridized carbons (Fsp3) is 0.273. The van der Waals surface area contributed by atoms with Crippen molar-refractivity contribution in [2.24, 2.45) is 0 Å². The molecule has 0 unspecified atom stereocenters. The van der Waals surface area contributed by atoms with E-state index in [1.54, 1.807) is 34.5 Å². The van der Waals surface area contributed by atoms with Crippen molar-refractivity contribution in [1.82, 2.24) is 9.88 Å². The van der Waals surface area contributed by atoms with Crippen LogP contribution in [-0.2, 0) is 12.8 Å². The molecular formula is C22H21F3N2O2S. The maximum Gasteiger partial charge on any atom is 0.416 e. The molecule has 0 aliphatic rings. The first-order chi connectivity index (χ1) is 14.3. The predicted molar refractivity (Wildman–Crippen MR) is 111 cm³/mol. The molecule has 0 aliphatic carbocycles. The molecule has 0 bridgehead atoms. The molecule has 3 aromatic rings. The van der Waals surface area contributed by atoms with Gasteiger partial charge in [0.05, 0.1) is 5.56 Å². The van der Waals surface area contributed by atoms with Crippen LogP contribution < -0.4 is 4.74 Å². The van der Waals surface area contributed by atoms with Crippen LogP contribution in [0.3, 0.4) is 0 Å². The van der Waals surface area contributed by atoms with Crippen molar-refractivity contribution in [3.05, 3.63) is 70.7 Å². The zero-order valence-electron chi connectivity index (χ0n) is 16.6. The van der Waals surface area contributed by atoms with E-state index in [1.807, 2.05) is 19.9 Å². The molecule has 2 aromatic carbocycles. The number of carbonyl (C=O) groups is 1. The van der Waals surface area contributed by atoms with Gasteiger partial charge in [0.15, 0.2) is 0 Å². The molecule has 4 nitrogen and oxygen atoms in total. The highest BCUT2D eigenvalue weighted by Gasteiger charge is 2.33. The Morgan fingerprint density at radius 1 is 1.10 bits per heavy atom. The first-order valence-corrected chi connectivity index (χ1v) is 10.3. The number of rotatable bonds is 7. The summed E-state index contributed by atoms with van der Waals surface area (Å²) in [6.07, 6.45) is -4.43. The number of carbonyl (C=O) groups excluding carboxylic acids is 1. The summed E-state index contributed by atoms with van der Waals surface area (Å²) in [5.41, 5.74) is 0.474. The maximum atomic E-state index is 13.1. The van der Waals surface area contributed by atoms with Crippen molar-refractivity contribution >= 4 is 17.2 Å². The van der Waals surface area contributed by atoms with Crippen molar-refractivity contribution < 1.29 is 22.7 Å². The summed E-state index contributed by atoms with van der Waals surface area (Å²) in [6, 6.07) is 12.3. The van der Waals surface area contributed by atoms with E-state index < -0.39 is 11.7 Å². The first-order valence-electron chi connectivity index (χ1n) is 9.46. The highest BCUT2D eigenvalue weighted by Crippen LogP contribution is 2.33. The van der Waals surface area contributed by atoms with Gasteiger partial charge >= 0.3 is 6.18 Å². The van der Waals surface area contributed by atoms with Gasteiger partial charge in [0.2, 0.25) is 0 Å². The molecule has 0 spiro atoms. The van der Waals surface area contributed by atoms with Crippen LogP contribution in [0.2, 0.25) is 0 Å². The topological polar surface area (TPSA) is 42.4 Å². The van der Waals surface area contributed by atoms with Gasteiger partial charge in [-0.25, -0.2) is 4.98 Å². The number of aromatic nitrogens is 1. The number of amides is 1. The summed E-state index contributed by atoms with van der Waals surface area (Å²) in [6.45, 7) is 4.82. The van der Waals surface area contributed by atoms with E-state index in [2.05, 4.69) is 4.98 Å². The van der Waals surface area contributed by atoms with Crippen LogP contribution in [0, 0.1) is 0 Å². The Kier molecular flexibility index (Phi) is 6.77. The summed E-state index contributed by atoms with van der Waals surface area (Å²) in [5, 5.41) is 2.36. The van der Waals surface area contributed by atoms with E-state index in [0.717, 1.165) is 11.6 Å². The minimum Gasteiger partial charge on any atom is -0.489 e. The molecule has 0 saturated carbocycles. The molecule has 0 atom stereocenters. The van der Waals surface area contributed by atoms with E-state index in [4.69, 9.17) is 4.74 Å². The van der Waals surface area contributed by atoms with Crippen LogP contribution in [-0.4, -0.2) is 28.9 Å². The Balaban J connectivity index is 1.76. The molecule has 3 rings (SSSR count). The summed E-state index contributed by atoms with van der Waals surface area (Å²) >= 11 is 1.34. The van der Waals surface area contributed by atoms with Gasteiger partial charge in [-0.2, -0.15) is 13.2 Å². The van der Waals surface area contributed by atoms with Crippen molar-refractivity contribution in [1.29, 1.82) is 0 Å². The van der Waals surface area contributed by atoms with Gasteiger partial charge in [-0.15, -0.1) is 11.3 Å². The number of nitrogens with zero attached hydrogens (tertiary/aromatic N) is 2. The number of ether oxygens (including phenoxy) is 1. The number of thiazole rings is 1. The summed E-state index contributed by atoms with van der Waals surface area (Å²) in [7, 11) is 0. The first kappa shape index (κ1) is 21.8. The minimum absolute atomic E-state index is 0.0664. The van der Waals surface area contributed by atoms with Crippen molar-refractivity contribution in [3.63, 3.8) is 0 Å². The standard InChI is InChI=1S/C22H21F3N2O2S/c1-3-27(4-2)21(28)19-14-30-20(26-19)15-9-7-10-17(12-15)29-13-16-8-5-6-11-18(16)22(23,24)25/h5-12,14H,3-4,13H2,1-2H3. The summed E-state index contributed by atoms with van der Waals surface area (Å²) in [5.74, 6) is 0.301. The molecule has 158 valence electrons. The van der Waals surface area contributed by atoms with Crippen LogP contribution >= 0.6 is 11.3 Å². The lowest BCUT2D eigenvalue weighted by atomic mass is 10.1. The van der Waals surface area contributed by atoms with Crippen LogP contribution in [0.25, 0.3) is 10.6 Å². The summed E-state index contributed by atoms with van der Waals surface area (Å²) < 4.78 is 45.0. The van der Waals surface area contributed by atoms with Gasteiger partial charge in [0.25, 0.3) is 5.91 Å². The zero-order chi connectivity index (χ0) is 21.7. The second kappa shape index (κ2) is 9.30. The van der Waals surface area contributed by atoms with Crippen molar-refractivity contribution in [2.45, 2.75) is 26.6 Å². The van der Waals surface area contributed by atoms with Gasteiger partial charge in [0.1, 0.15) is 23.1 Å². The molecule has 8 heteroatoms. The summed E-state index contributed by atoms with van der Waals surface area (Å²) in [4.78, 5) is 18.6. The third kappa shape index (κ3) is 4.99. The highest BCUT2D eigenvalue weighted by atomic mass is 32.1. The number of benzene rings is 2. The maximum absolute atomic E-state index is 13.1. The second-order valence-corrected chi connectivity index (χ2v) is 7.34. The Morgan fingerprint density at radius 3 is 2.53 bits per heavy atom. The molecule has 1 heterocycles. The van der Waals surface area contributed by atoms with Gasteiger partial charge in [0, 0.05) is 29.6 Å². The average Bonchev–Trinajstić information content (AvgIpc) is 3.23. The Bertz CT molecular complexity index is 1010. The van der Waals surface area contributed by atoms with Crippen LogP contribution in [0.1, 0.15) is 35.5 Å². The van der Waals surface area contributed by atoms with E-state index in [9.17, 15) is 18.0 Å². The normalized spacial score (nSPS) is 11.4. The molecule has 0 fully saturated rings. The Morgan fingerprint density at radius 2 is 1.83 bits per heavy atom. The second-order valence-electron chi connectivity index (χ2n) is 6.49. The molecule has 0 radical (unpaired) electrons. The monoisotopic (exact) mass is 434 g/mol. The lowest BCUT2D eigenvalue weighted by Crippen LogP contribution is -2.30. The molecule has 1 aromatic heterocycles. The van der Waals surface area contributed by atoms with E-state index >= 15 is 0 Å². The number of hydrogen-bond acceptors (Lipinski definition) is 4. The molecule has 0 aliphatic heterocycles. The van der Waals surface area contributed by atoms with Gasteiger partial charge in [-0.3, -0.25) is 4.79 Å². The van der Waals surface area contributed by atoms with Crippen LogP contribution in [0.4, 0.5) is 13.2 Å². The molecule has 30 heavy (non-hydrogen) atoms. The number of hydrogen-bond donors (Lipinski definition) is 0. The predicted octanol–water partition coefficient (Wildman–Crippen LogP) is 5.89. The Hall–Kier alpha value is -2.87. The smallest absolute Gasteiger partial charge is 0.416 e. The van der Waals surface area contributed by atoms with E-state index in [1.165, 1.54) is 23.5 Å². The Labute approximate surface area is 176 Å². The molecule has 1 amide bonds. The minimum atomic E-state index is -4.43. The third-order valence-electron chi connectivity index (χ3n) is 4.57. The van der Waals surface area contributed by atoms with Gasteiger partial charge < -0.3 is 9.64 Å². The number of alkyl halides is 3.